The number of rotatable bonds is 3. The number of aryl methyl sites for hydroxylation is 1. The number of thiophene rings is 1. The Morgan fingerprint density at radius 3 is 2.82 bits per heavy atom. The molecule has 0 fully saturated rings. The maximum Gasteiger partial charge on any atom is 0.335 e. The summed E-state index contributed by atoms with van der Waals surface area (Å²) in [7, 11) is 0. The van der Waals surface area contributed by atoms with E-state index in [-0.39, 0.29) is 12.1 Å². The number of H-pyrrole nitrogens is 1. The molecular formula is C15H12N2O4S. The van der Waals surface area contributed by atoms with Gasteiger partial charge in [0.15, 0.2) is 0 Å². The Labute approximate surface area is 128 Å². The highest BCUT2D eigenvalue weighted by atomic mass is 32.1. The van der Waals surface area contributed by atoms with Crippen LogP contribution < -0.4 is 11.2 Å². The van der Waals surface area contributed by atoms with Gasteiger partial charge in [-0.1, -0.05) is 12.1 Å². The minimum atomic E-state index is -1.01. The van der Waals surface area contributed by atoms with Gasteiger partial charge in [-0.05, 0) is 35.6 Å². The third-order valence-corrected chi connectivity index (χ3v) is 4.41. The number of nitrogens with one attached hydrogen (secondary N) is 1. The van der Waals surface area contributed by atoms with Gasteiger partial charge in [-0.2, -0.15) is 0 Å². The second kappa shape index (κ2) is 5.27. The van der Waals surface area contributed by atoms with Crippen molar-refractivity contribution in [2.24, 2.45) is 0 Å². The topological polar surface area (TPSA) is 92.2 Å². The number of aromatic carboxylic acids is 1. The Morgan fingerprint density at radius 1 is 1.32 bits per heavy atom. The average Bonchev–Trinajstić information content (AvgIpc) is 2.94. The third kappa shape index (κ3) is 2.35. The van der Waals surface area contributed by atoms with Gasteiger partial charge < -0.3 is 5.11 Å². The molecule has 0 spiro atoms. The fourth-order valence-electron chi connectivity index (χ4n) is 2.33. The van der Waals surface area contributed by atoms with Gasteiger partial charge in [-0.15, -0.1) is 11.3 Å². The number of carboxylic acid groups (broad SMARTS) is 1. The Hall–Kier alpha value is -2.67. The molecule has 1 aromatic carbocycles. The Kier molecular flexibility index (Phi) is 3.42. The van der Waals surface area contributed by atoms with Crippen molar-refractivity contribution in [3.05, 3.63) is 67.2 Å². The molecule has 0 aliphatic rings. The normalized spacial score (nSPS) is 11.0. The smallest absolute Gasteiger partial charge is 0.335 e. The molecule has 0 amide bonds. The molecule has 0 aliphatic carbocycles. The average molecular weight is 316 g/mol. The number of benzene rings is 1. The third-order valence-electron chi connectivity index (χ3n) is 3.47. The molecule has 2 N–H and O–H groups in total. The van der Waals surface area contributed by atoms with Crippen LogP contribution in [0.25, 0.3) is 10.2 Å². The lowest BCUT2D eigenvalue weighted by Crippen LogP contribution is -2.29. The van der Waals surface area contributed by atoms with Crippen molar-refractivity contribution in [1.29, 1.82) is 0 Å². The van der Waals surface area contributed by atoms with Crippen molar-refractivity contribution in [1.82, 2.24) is 9.55 Å². The van der Waals surface area contributed by atoms with E-state index >= 15 is 0 Å². The summed E-state index contributed by atoms with van der Waals surface area (Å²) in [5.41, 5.74) is 0.639. The second-order valence-electron chi connectivity index (χ2n) is 4.94. The van der Waals surface area contributed by atoms with Crippen molar-refractivity contribution in [2.45, 2.75) is 13.5 Å². The van der Waals surface area contributed by atoms with Crippen LogP contribution in [0.3, 0.4) is 0 Å². The zero-order chi connectivity index (χ0) is 15.9. The standard InChI is InChI=1S/C15H12N2O4S/c1-8-2-3-9(6-11(8)14(19)20)7-17-13-10(4-5-22-13)12(18)16-15(17)21/h2-6H,7H2,1H3,(H,19,20)(H,16,18,21). The van der Waals surface area contributed by atoms with E-state index < -0.39 is 17.2 Å². The molecule has 2 aromatic heterocycles. The fraction of sp³-hybridized carbons (Fsp3) is 0.133. The Bertz CT molecular complexity index is 997. The van der Waals surface area contributed by atoms with Crippen molar-refractivity contribution in [3.8, 4) is 0 Å². The number of carbonyl (C=O) groups is 1. The first kappa shape index (κ1) is 14.3. The summed E-state index contributed by atoms with van der Waals surface area (Å²) in [6.07, 6.45) is 0. The van der Waals surface area contributed by atoms with E-state index in [9.17, 15) is 19.5 Å². The predicted molar refractivity (Wildman–Crippen MR) is 83.9 cm³/mol. The number of aromatic amines is 1. The van der Waals surface area contributed by atoms with E-state index in [1.54, 1.807) is 36.6 Å². The molecule has 0 saturated heterocycles. The lowest BCUT2D eigenvalue weighted by Gasteiger charge is -2.09. The summed E-state index contributed by atoms with van der Waals surface area (Å²) in [6, 6.07) is 6.70. The van der Waals surface area contributed by atoms with Gasteiger partial charge in [-0.3, -0.25) is 14.3 Å². The van der Waals surface area contributed by atoms with Crippen LogP contribution in [0.2, 0.25) is 0 Å². The Balaban J connectivity index is 2.13. The molecule has 0 saturated carbocycles. The largest absolute Gasteiger partial charge is 0.478 e. The van der Waals surface area contributed by atoms with Crippen LogP contribution in [0, 0.1) is 6.92 Å². The van der Waals surface area contributed by atoms with Crippen LogP contribution in [0.4, 0.5) is 0 Å². The van der Waals surface area contributed by atoms with Crippen molar-refractivity contribution < 1.29 is 9.90 Å². The summed E-state index contributed by atoms with van der Waals surface area (Å²) in [5, 5.41) is 11.4. The number of fused-ring (bicyclic) bond motifs is 1. The first-order valence-electron chi connectivity index (χ1n) is 6.50. The molecule has 0 radical (unpaired) electrons. The highest BCUT2D eigenvalue weighted by molar-refractivity contribution is 7.16. The van der Waals surface area contributed by atoms with Gasteiger partial charge in [0.1, 0.15) is 4.83 Å². The van der Waals surface area contributed by atoms with E-state index in [0.29, 0.717) is 21.3 Å². The maximum absolute atomic E-state index is 12.0. The monoisotopic (exact) mass is 316 g/mol. The summed E-state index contributed by atoms with van der Waals surface area (Å²) in [4.78, 5) is 37.8. The molecule has 3 rings (SSSR count). The molecule has 0 aliphatic heterocycles. The van der Waals surface area contributed by atoms with Crippen LogP contribution in [0.5, 0.6) is 0 Å². The summed E-state index contributed by atoms with van der Waals surface area (Å²) < 4.78 is 1.44. The van der Waals surface area contributed by atoms with Gasteiger partial charge in [0.05, 0.1) is 17.5 Å². The van der Waals surface area contributed by atoms with E-state index in [0.717, 1.165) is 0 Å². The van der Waals surface area contributed by atoms with Crippen LogP contribution in [-0.2, 0) is 6.54 Å². The first-order chi connectivity index (χ1) is 10.5. The van der Waals surface area contributed by atoms with Gasteiger partial charge in [-0.25, -0.2) is 9.59 Å². The lowest BCUT2D eigenvalue weighted by molar-refractivity contribution is 0.0696. The van der Waals surface area contributed by atoms with Crippen LogP contribution in [0.15, 0.2) is 39.2 Å². The molecule has 0 bridgehead atoms. The van der Waals surface area contributed by atoms with Crippen LogP contribution in [-0.4, -0.2) is 20.6 Å². The molecule has 7 heteroatoms. The maximum atomic E-state index is 12.0. The van der Waals surface area contributed by atoms with Crippen LogP contribution >= 0.6 is 11.3 Å². The molecular weight excluding hydrogens is 304 g/mol. The number of carboxylic acids is 1. The molecule has 22 heavy (non-hydrogen) atoms. The number of hydrogen-bond donors (Lipinski definition) is 2. The fourth-order valence-corrected chi connectivity index (χ4v) is 3.23. The van der Waals surface area contributed by atoms with Crippen LogP contribution in [0.1, 0.15) is 21.5 Å². The van der Waals surface area contributed by atoms with Crippen molar-refractivity contribution >= 4 is 27.5 Å². The summed E-state index contributed by atoms with van der Waals surface area (Å²) >= 11 is 1.30. The second-order valence-corrected chi connectivity index (χ2v) is 5.83. The molecule has 2 heterocycles. The first-order valence-corrected chi connectivity index (χ1v) is 7.38. The van der Waals surface area contributed by atoms with E-state index in [1.807, 2.05) is 0 Å². The van der Waals surface area contributed by atoms with E-state index in [1.165, 1.54) is 15.9 Å². The van der Waals surface area contributed by atoms with Gasteiger partial charge >= 0.3 is 11.7 Å². The van der Waals surface area contributed by atoms with Gasteiger partial charge in [0, 0.05) is 0 Å². The number of hydrogen-bond acceptors (Lipinski definition) is 4. The van der Waals surface area contributed by atoms with Gasteiger partial charge in [0.2, 0.25) is 0 Å². The van der Waals surface area contributed by atoms with Crippen molar-refractivity contribution in [2.75, 3.05) is 0 Å². The Morgan fingerprint density at radius 2 is 2.09 bits per heavy atom. The highest BCUT2D eigenvalue weighted by Crippen LogP contribution is 2.18. The molecule has 3 aromatic rings. The quantitative estimate of drug-likeness (QED) is 0.771. The summed E-state index contributed by atoms with van der Waals surface area (Å²) in [5.74, 6) is -1.01. The SMILES string of the molecule is Cc1ccc(Cn2c(=O)[nH]c(=O)c3ccsc32)cc1C(=O)O. The molecule has 6 nitrogen and oxygen atoms in total. The molecule has 0 unspecified atom stereocenters. The minimum absolute atomic E-state index is 0.202. The van der Waals surface area contributed by atoms with Gasteiger partial charge in [0.25, 0.3) is 5.56 Å². The van der Waals surface area contributed by atoms with Crippen molar-refractivity contribution in [3.63, 3.8) is 0 Å². The van der Waals surface area contributed by atoms with E-state index in [4.69, 9.17) is 0 Å². The number of nitrogens with zero attached hydrogens (tertiary/aromatic N) is 1. The highest BCUT2D eigenvalue weighted by Gasteiger charge is 2.12. The van der Waals surface area contributed by atoms with E-state index in [2.05, 4.69) is 4.98 Å². The summed E-state index contributed by atoms with van der Waals surface area (Å²) in [6.45, 7) is 1.92. The molecule has 0 atom stereocenters. The zero-order valence-electron chi connectivity index (χ0n) is 11.6. The zero-order valence-corrected chi connectivity index (χ0v) is 12.4. The number of aromatic nitrogens is 2. The minimum Gasteiger partial charge on any atom is -0.478 e. The lowest BCUT2D eigenvalue weighted by atomic mass is 10.1. The predicted octanol–water partition coefficient (Wildman–Crippen LogP) is 1.81. The molecule has 112 valence electrons.